The lowest BCUT2D eigenvalue weighted by atomic mass is 10.1. The molecule has 1 fully saturated rings. The Morgan fingerprint density at radius 3 is 2.30 bits per heavy atom. The van der Waals surface area contributed by atoms with Gasteiger partial charge in [0.25, 0.3) is 5.91 Å². The monoisotopic (exact) mass is 365 g/mol. The molecule has 5 nitrogen and oxygen atoms in total. The van der Waals surface area contributed by atoms with Crippen LogP contribution in [0.3, 0.4) is 0 Å². The number of carbonyl (C=O) groups is 2. The van der Waals surface area contributed by atoms with Gasteiger partial charge in [-0.3, -0.25) is 9.59 Å². The van der Waals surface area contributed by atoms with Gasteiger partial charge in [0, 0.05) is 37.1 Å². The molecule has 138 valence electrons. The molecule has 2 heterocycles. The second kappa shape index (κ2) is 7.23. The van der Waals surface area contributed by atoms with Crippen molar-refractivity contribution in [2.75, 3.05) is 26.2 Å². The Balaban J connectivity index is 1.35. The number of benzene rings is 2. The number of carbonyl (C=O) groups excluding carboxylic acids is 2. The normalized spacial score (nSPS) is 14.6. The number of hydrogen-bond donors (Lipinski definition) is 1. The second-order valence-corrected chi connectivity index (χ2v) is 6.75. The first kappa shape index (κ1) is 17.3. The van der Waals surface area contributed by atoms with Gasteiger partial charge in [-0.2, -0.15) is 0 Å². The summed E-state index contributed by atoms with van der Waals surface area (Å²) in [5.41, 5.74) is 2.30. The van der Waals surface area contributed by atoms with Gasteiger partial charge in [-0.05, 0) is 29.8 Å². The number of nitrogens with one attached hydrogen (secondary N) is 1. The molecule has 0 bridgehead atoms. The number of halogens is 1. The van der Waals surface area contributed by atoms with Crippen LogP contribution in [0.5, 0.6) is 0 Å². The van der Waals surface area contributed by atoms with Gasteiger partial charge in [0.15, 0.2) is 0 Å². The summed E-state index contributed by atoms with van der Waals surface area (Å²) in [6.45, 7) is 2.02. The van der Waals surface area contributed by atoms with Crippen LogP contribution in [0.15, 0.2) is 54.6 Å². The van der Waals surface area contributed by atoms with Crippen LogP contribution in [0.4, 0.5) is 4.39 Å². The Bertz CT molecular complexity index is 940. The van der Waals surface area contributed by atoms with E-state index < -0.39 is 0 Å². The minimum absolute atomic E-state index is 0.000630. The molecule has 1 saturated heterocycles. The number of aromatic nitrogens is 1. The first-order chi connectivity index (χ1) is 13.1. The van der Waals surface area contributed by atoms with Crippen LogP contribution in [-0.4, -0.2) is 52.8 Å². The average Bonchev–Trinajstić information content (AvgIpc) is 3.13. The molecule has 1 aliphatic heterocycles. The van der Waals surface area contributed by atoms with Crippen LogP contribution in [0.25, 0.3) is 10.9 Å². The third-order valence-electron chi connectivity index (χ3n) is 4.95. The standard InChI is InChI=1S/C21H20FN3O2/c22-17-7-5-15(6-8-17)13-20(26)24-9-11-25(12-10-24)21(27)19-14-16-3-1-2-4-18(16)23-19/h1-8,14,23H,9-13H2. The van der Waals surface area contributed by atoms with Gasteiger partial charge < -0.3 is 14.8 Å². The summed E-state index contributed by atoms with van der Waals surface area (Å²) in [6, 6.07) is 15.6. The molecule has 4 rings (SSSR count). The van der Waals surface area contributed by atoms with Crippen LogP contribution in [0, 0.1) is 5.82 Å². The number of nitrogens with zero attached hydrogens (tertiary/aromatic N) is 2. The van der Waals surface area contributed by atoms with E-state index in [1.807, 2.05) is 30.3 Å². The molecule has 0 saturated carbocycles. The van der Waals surface area contributed by atoms with Crippen LogP contribution in [0.1, 0.15) is 16.1 Å². The maximum atomic E-state index is 13.0. The Labute approximate surface area is 156 Å². The van der Waals surface area contributed by atoms with Crippen LogP contribution in [-0.2, 0) is 11.2 Å². The van der Waals surface area contributed by atoms with Crippen molar-refractivity contribution in [2.24, 2.45) is 0 Å². The van der Waals surface area contributed by atoms with E-state index in [0.29, 0.717) is 31.9 Å². The summed E-state index contributed by atoms with van der Waals surface area (Å²) >= 11 is 0. The maximum Gasteiger partial charge on any atom is 0.270 e. The lowest BCUT2D eigenvalue weighted by Gasteiger charge is -2.34. The summed E-state index contributed by atoms with van der Waals surface area (Å²) in [6.07, 6.45) is 0.246. The van der Waals surface area contributed by atoms with E-state index in [-0.39, 0.29) is 24.1 Å². The quantitative estimate of drug-likeness (QED) is 0.776. The highest BCUT2D eigenvalue weighted by Crippen LogP contribution is 2.17. The Morgan fingerprint density at radius 2 is 1.59 bits per heavy atom. The zero-order valence-corrected chi connectivity index (χ0v) is 14.8. The van der Waals surface area contributed by atoms with Crippen LogP contribution < -0.4 is 0 Å². The molecule has 27 heavy (non-hydrogen) atoms. The number of aromatic amines is 1. The fourth-order valence-corrected chi connectivity index (χ4v) is 3.41. The molecule has 0 unspecified atom stereocenters. The van der Waals surface area contributed by atoms with Gasteiger partial charge in [-0.15, -0.1) is 0 Å². The molecule has 3 aromatic rings. The third kappa shape index (κ3) is 3.69. The Kier molecular flexibility index (Phi) is 4.62. The lowest BCUT2D eigenvalue weighted by molar-refractivity contribution is -0.131. The fraction of sp³-hybridized carbons (Fsp3) is 0.238. The predicted octanol–water partition coefficient (Wildman–Crippen LogP) is 2.83. The van der Waals surface area contributed by atoms with E-state index >= 15 is 0 Å². The topological polar surface area (TPSA) is 56.4 Å². The first-order valence-electron chi connectivity index (χ1n) is 8.99. The van der Waals surface area contributed by atoms with Crippen LogP contribution in [0.2, 0.25) is 0 Å². The average molecular weight is 365 g/mol. The largest absolute Gasteiger partial charge is 0.351 e. The molecule has 0 aliphatic carbocycles. The van der Waals surface area contributed by atoms with Crippen molar-refractivity contribution in [1.29, 1.82) is 0 Å². The lowest BCUT2D eigenvalue weighted by Crippen LogP contribution is -2.51. The Morgan fingerprint density at radius 1 is 0.926 bits per heavy atom. The van der Waals surface area contributed by atoms with Crippen molar-refractivity contribution < 1.29 is 14.0 Å². The molecular formula is C21H20FN3O2. The summed E-state index contributed by atoms with van der Waals surface area (Å²) in [5, 5.41) is 1.01. The van der Waals surface area contributed by atoms with E-state index in [4.69, 9.17) is 0 Å². The number of H-pyrrole nitrogens is 1. The van der Waals surface area contributed by atoms with Crippen molar-refractivity contribution in [3.8, 4) is 0 Å². The zero-order chi connectivity index (χ0) is 18.8. The maximum absolute atomic E-state index is 13.0. The SMILES string of the molecule is O=C(Cc1ccc(F)cc1)N1CCN(C(=O)c2cc3ccccc3[nH]2)CC1. The van der Waals surface area contributed by atoms with Gasteiger partial charge in [0.2, 0.25) is 5.91 Å². The molecule has 0 spiro atoms. The van der Waals surface area contributed by atoms with E-state index in [1.165, 1.54) is 12.1 Å². The number of amides is 2. The molecule has 0 atom stereocenters. The van der Waals surface area contributed by atoms with Gasteiger partial charge in [0.1, 0.15) is 11.5 Å². The predicted molar refractivity (Wildman–Crippen MR) is 101 cm³/mol. The molecular weight excluding hydrogens is 345 g/mol. The highest BCUT2D eigenvalue weighted by atomic mass is 19.1. The molecule has 2 aromatic carbocycles. The number of piperazine rings is 1. The van der Waals surface area contributed by atoms with Crippen molar-refractivity contribution in [3.63, 3.8) is 0 Å². The van der Waals surface area contributed by atoms with Crippen molar-refractivity contribution in [3.05, 3.63) is 71.7 Å². The van der Waals surface area contributed by atoms with Crippen molar-refractivity contribution >= 4 is 22.7 Å². The van der Waals surface area contributed by atoms with Crippen LogP contribution >= 0.6 is 0 Å². The van der Waals surface area contributed by atoms with Gasteiger partial charge >= 0.3 is 0 Å². The van der Waals surface area contributed by atoms with E-state index in [2.05, 4.69) is 4.98 Å². The number of fused-ring (bicyclic) bond motifs is 1. The molecule has 2 amide bonds. The third-order valence-corrected chi connectivity index (χ3v) is 4.95. The van der Waals surface area contributed by atoms with Gasteiger partial charge in [-0.25, -0.2) is 4.39 Å². The van der Waals surface area contributed by atoms with Crippen molar-refractivity contribution in [1.82, 2.24) is 14.8 Å². The summed E-state index contributed by atoms with van der Waals surface area (Å²) in [7, 11) is 0. The fourth-order valence-electron chi connectivity index (χ4n) is 3.41. The minimum atomic E-state index is -0.310. The second-order valence-electron chi connectivity index (χ2n) is 6.75. The number of para-hydroxylation sites is 1. The molecule has 1 N–H and O–H groups in total. The molecule has 1 aliphatic rings. The first-order valence-corrected chi connectivity index (χ1v) is 8.99. The summed E-state index contributed by atoms with van der Waals surface area (Å²) < 4.78 is 13.0. The highest BCUT2D eigenvalue weighted by molar-refractivity contribution is 5.98. The molecule has 0 radical (unpaired) electrons. The highest BCUT2D eigenvalue weighted by Gasteiger charge is 2.25. The van der Waals surface area contributed by atoms with Crippen molar-refractivity contribution in [2.45, 2.75) is 6.42 Å². The molecule has 1 aromatic heterocycles. The number of hydrogen-bond acceptors (Lipinski definition) is 2. The smallest absolute Gasteiger partial charge is 0.270 e. The zero-order valence-electron chi connectivity index (χ0n) is 14.8. The van der Waals surface area contributed by atoms with E-state index in [1.54, 1.807) is 21.9 Å². The van der Waals surface area contributed by atoms with Gasteiger partial charge in [-0.1, -0.05) is 30.3 Å². The number of rotatable bonds is 3. The van der Waals surface area contributed by atoms with E-state index in [9.17, 15) is 14.0 Å². The van der Waals surface area contributed by atoms with Gasteiger partial charge in [0.05, 0.1) is 6.42 Å². The molecule has 6 heteroatoms. The Hall–Kier alpha value is -3.15. The summed E-state index contributed by atoms with van der Waals surface area (Å²) in [5.74, 6) is -0.355. The minimum Gasteiger partial charge on any atom is -0.351 e. The van der Waals surface area contributed by atoms with E-state index in [0.717, 1.165) is 16.5 Å². The summed E-state index contributed by atoms with van der Waals surface area (Å²) in [4.78, 5) is 31.9.